The van der Waals surface area contributed by atoms with Crippen molar-refractivity contribution < 1.29 is 27.5 Å². The average molecular weight is 570 g/mol. The summed E-state index contributed by atoms with van der Waals surface area (Å²) in [6, 6.07) is 17.3. The first-order valence-electron chi connectivity index (χ1n) is 12.3. The summed E-state index contributed by atoms with van der Waals surface area (Å²) < 4.78 is 44.2. The molecule has 1 fully saturated rings. The van der Waals surface area contributed by atoms with Gasteiger partial charge in [0.2, 0.25) is 0 Å². The Balaban J connectivity index is 1.36. The molecule has 0 aliphatic carbocycles. The third-order valence-corrected chi connectivity index (χ3v) is 6.87. The second kappa shape index (κ2) is 11.4. The van der Waals surface area contributed by atoms with Crippen LogP contribution in [0.5, 0.6) is 5.75 Å². The van der Waals surface area contributed by atoms with Crippen LogP contribution in [0.3, 0.4) is 0 Å². The van der Waals surface area contributed by atoms with Gasteiger partial charge in [0.1, 0.15) is 5.75 Å². The molecule has 4 aromatic rings. The maximum absolute atomic E-state index is 13.4. The van der Waals surface area contributed by atoms with Crippen molar-refractivity contribution in [2.45, 2.75) is 24.7 Å². The summed E-state index contributed by atoms with van der Waals surface area (Å²) in [4.78, 5) is 32.5. The molecule has 2 amide bonds. The van der Waals surface area contributed by atoms with E-state index >= 15 is 0 Å². The van der Waals surface area contributed by atoms with Gasteiger partial charge in [-0.25, -0.2) is 9.67 Å². The molecule has 1 N–H and O–H groups in total. The predicted molar refractivity (Wildman–Crippen MR) is 140 cm³/mol. The Labute approximate surface area is 232 Å². The molecule has 0 unspecified atom stereocenters. The topological polar surface area (TPSA) is 89.4 Å². The van der Waals surface area contributed by atoms with Gasteiger partial charge >= 0.3 is 6.36 Å². The standard InChI is InChI=1S/C28H23ClF3N5O3/c29-22-15-19(16-33-25(22)37-13-6-12-34-37)27(39)36-14-11-23(21(17-36)18-7-2-1-3-8-18)35-26(38)20-9-4-5-10-24(20)40-28(30,31)32/h1-10,12-13,15-16,21,23H,11,14,17H2,(H,35,38)/t21-,23-/m1/s1. The van der Waals surface area contributed by atoms with Crippen LogP contribution in [-0.2, 0) is 0 Å². The van der Waals surface area contributed by atoms with Crippen LogP contribution >= 0.6 is 11.6 Å². The highest BCUT2D eigenvalue weighted by atomic mass is 35.5. The van der Waals surface area contributed by atoms with E-state index in [-0.39, 0.29) is 29.0 Å². The zero-order valence-electron chi connectivity index (χ0n) is 20.9. The van der Waals surface area contributed by atoms with Crippen molar-refractivity contribution in [3.8, 4) is 11.6 Å². The summed E-state index contributed by atoms with van der Waals surface area (Å²) in [7, 11) is 0. The third kappa shape index (κ3) is 6.09. The lowest BCUT2D eigenvalue weighted by atomic mass is 9.85. The molecule has 0 spiro atoms. The fraction of sp³-hybridized carbons (Fsp3) is 0.214. The number of likely N-dealkylation sites (tertiary alicyclic amines) is 1. The van der Waals surface area contributed by atoms with E-state index in [9.17, 15) is 22.8 Å². The van der Waals surface area contributed by atoms with Crippen LogP contribution in [-0.4, -0.2) is 57.0 Å². The van der Waals surface area contributed by atoms with Gasteiger partial charge in [0.15, 0.2) is 5.82 Å². The number of carbonyl (C=O) groups is 2. The molecule has 12 heteroatoms. The molecule has 40 heavy (non-hydrogen) atoms. The largest absolute Gasteiger partial charge is 0.573 e. The van der Waals surface area contributed by atoms with Crippen molar-refractivity contribution in [2.24, 2.45) is 0 Å². The Bertz CT molecular complexity index is 1500. The van der Waals surface area contributed by atoms with Crippen molar-refractivity contribution in [1.82, 2.24) is 25.0 Å². The third-order valence-electron chi connectivity index (χ3n) is 6.59. The first kappa shape index (κ1) is 27.2. The van der Waals surface area contributed by atoms with Gasteiger partial charge in [0.25, 0.3) is 11.8 Å². The van der Waals surface area contributed by atoms with Crippen LogP contribution in [0.4, 0.5) is 13.2 Å². The number of rotatable bonds is 6. The Morgan fingerprint density at radius 2 is 1.80 bits per heavy atom. The lowest BCUT2D eigenvalue weighted by Crippen LogP contribution is -2.51. The molecule has 1 aliphatic rings. The zero-order chi connectivity index (χ0) is 28.3. The van der Waals surface area contributed by atoms with E-state index in [1.807, 2.05) is 30.3 Å². The molecular formula is C28H23ClF3N5O3. The summed E-state index contributed by atoms with van der Waals surface area (Å²) in [6.07, 6.45) is 0.140. The van der Waals surface area contributed by atoms with Crippen molar-refractivity contribution in [2.75, 3.05) is 13.1 Å². The summed E-state index contributed by atoms with van der Waals surface area (Å²) in [5.74, 6) is -1.50. The molecule has 2 atom stereocenters. The van der Waals surface area contributed by atoms with Crippen LogP contribution in [0.25, 0.3) is 5.82 Å². The van der Waals surface area contributed by atoms with Gasteiger partial charge in [0, 0.05) is 43.6 Å². The second-order valence-electron chi connectivity index (χ2n) is 9.16. The highest BCUT2D eigenvalue weighted by molar-refractivity contribution is 6.32. The van der Waals surface area contributed by atoms with Crippen molar-refractivity contribution >= 4 is 23.4 Å². The quantitative estimate of drug-likeness (QED) is 0.343. The molecule has 0 bridgehead atoms. The van der Waals surface area contributed by atoms with Crippen LogP contribution in [0.15, 0.2) is 85.3 Å². The number of benzene rings is 2. The fourth-order valence-electron chi connectivity index (χ4n) is 4.75. The number of halogens is 4. The van der Waals surface area contributed by atoms with Gasteiger partial charge in [-0.3, -0.25) is 9.59 Å². The number of nitrogens with zero attached hydrogens (tertiary/aromatic N) is 4. The molecule has 0 radical (unpaired) electrons. The lowest BCUT2D eigenvalue weighted by molar-refractivity contribution is -0.274. The minimum Gasteiger partial charge on any atom is -0.405 e. The molecule has 1 saturated heterocycles. The van der Waals surface area contributed by atoms with E-state index in [1.54, 1.807) is 23.4 Å². The number of amides is 2. The van der Waals surface area contributed by atoms with Crippen LogP contribution in [0.1, 0.15) is 38.6 Å². The summed E-state index contributed by atoms with van der Waals surface area (Å²) >= 11 is 6.40. The number of nitrogens with one attached hydrogen (secondary N) is 1. The van der Waals surface area contributed by atoms with Gasteiger partial charge in [0.05, 0.1) is 16.1 Å². The highest BCUT2D eigenvalue weighted by Crippen LogP contribution is 2.31. The number of piperidine rings is 1. The summed E-state index contributed by atoms with van der Waals surface area (Å²) in [5, 5.41) is 7.24. The smallest absolute Gasteiger partial charge is 0.405 e. The molecule has 1 aliphatic heterocycles. The minimum atomic E-state index is -4.94. The molecule has 2 aromatic heterocycles. The SMILES string of the molecule is O=C(N[C@@H]1CCN(C(=O)c2cnc(-n3cccn3)c(Cl)c2)C[C@@H]1c1ccccc1)c1ccccc1OC(F)(F)F. The first-order chi connectivity index (χ1) is 19.2. The van der Waals surface area contributed by atoms with E-state index in [2.05, 4.69) is 20.1 Å². The van der Waals surface area contributed by atoms with E-state index in [0.29, 0.717) is 24.3 Å². The van der Waals surface area contributed by atoms with Gasteiger partial charge < -0.3 is 15.0 Å². The highest BCUT2D eigenvalue weighted by Gasteiger charge is 2.36. The van der Waals surface area contributed by atoms with Gasteiger partial charge in [-0.05, 0) is 36.2 Å². The monoisotopic (exact) mass is 569 g/mol. The molecule has 3 heterocycles. The molecule has 0 saturated carbocycles. The second-order valence-corrected chi connectivity index (χ2v) is 9.57. The number of alkyl halides is 3. The van der Waals surface area contributed by atoms with Crippen molar-refractivity contribution in [1.29, 1.82) is 0 Å². The van der Waals surface area contributed by atoms with Crippen LogP contribution in [0.2, 0.25) is 5.02 Å². The van der Waals surface area contributed by atoms with E-state index in [4.69, 9.17) is 11.6 Å². The summed E-state index contributed by atoms with van der Waals surface area (Å²) in [5.41, 5.74) is 0.937. The normalized spacial score (nSPS) is 17.4. The maximum atomic E-state index is 13.4. The predicted octanol–water partition coefficient (Wildman–Crippen LogP) is 5.25. The summed E-state index contributed by atoms with van der Waals surface area (Å²) in [6.45, 7) is 0.555. The lowest BCUT2D eigenvalue weighted by Gasteiger charge is -2.39. The number of hydrogen-bond acceptors (Lipinski definition) is 5. The minimum absolute atomic E-state index is 0.233. The van der Waals surface area contributed by atoms with Crippen LogP contribution in [0, 0.1) is 0 Å². The van der Waals surface area contributed by atoms with E-state index in [1.165, 1.54) is 35.1 Å². The van der Waals surface area contributed by atoms with Gasteiger partial charge in [-0.1, -0.05) is 54.1 Å². The van der Waals surface area contributed by atoms with Gasteiger partial charge in [-0.2, -0.15) is 5.10 Å². The fourth-order valence-corrected chi connectivity index (χ4v) is 5.01. The average Bonchev–Trinajstić information content (AvgIpc) is 3.47. The Morgan fingerprint density at radius 3 is 2.50 bits per heavy atom. The number of carbonyl (C=O) groups excluding carboxylic acids is 2. The van der Waals surface area contributed by atoms with Crippen LogP contribution < -0.4 is 10.1 Å². The van der Waals surface area contributed by atoms with E-state index < -0.39 is 24.1 Å². The molecule has 2 aromatic carbocycles. The number of hydrogen-bond donors (Lipinski definition) is 1. The van der Waals surface area contributed by atoms with Crippen molar-refractivity contribution in [3.05, 3.63) is 107 Å². The maximum Gasteiger partial charge on any atom is 0.573 e. The van der Waals surface area contributed by atoms with E-state index in [0.717, 1.165) is 11.6 Å². The number of ether oxygens (including phenoxy) is 1. The number of pyridine rings is 1. The number of aromatic nitrogens is 3. The Kier molecular flexibility index (Phi) is 7.74. The molecule has 206 valence electrons. The molecule has 5 rings (SSSR count). The molecule has 8 nitrogen and oxygen atoms in total. The Hall–Kier alpha value is -4.38. The zero-order valence-corrected chi connectivity index (χ0v) is 21.6. The Morgan fingerprint density at radius 1 is 1.05 bits per heavy atom. The van der Waals surface area contributed by atoms with Gasteiger partial charge in [-0.15, -0.1) is 13.2 Å². The first-order valence-corrected chi connectivity index (χ1v) is 12.7. The number of para-hydroxylation sites is 1. The molecular weight excluding hydrogens is 547 g/mol. The van der Waals surface area contributed by atoms with Crippen molar-refractivity contribution in [3.63, 3.8) is 0 Å².